The number of thioether (sulfide) groups is 1. The lowest BCUT2D eigenvalue weighted by Crippen LogP contribution is -2.45. The molecule has 0 atom stereocenters. The molecule has 1 fully saturated rings. The summed E-state index contributed by atoms with van der Waals surface area (Å²) in [6.45, 7) is 4.17. The van der Waals surface area contributed by atoms with Crippen LogP contribution in [-0.2, 0) is 16.6 Å². The molecule has 7 heteroatoms. The van der Waals surface area contributed by atoms with Crippen LogP contribution in [0.15, 0.2) is 15.7 Å². The van der Waals surface area contributed by atoms with Gasteiger partial charge in [-0.15, -0.1) is 11.3 Å². The zero-order valence-electron chi connectivity index (χ0n) is 11.9. The Balaban J connectivity index is 1.97. The van der Waals surface area contributed by atoms with Crippen molar-refractivity contribution in [3.8, 4) is 0 Å². The normalized spacial score (nSPS) is 17.9. The highest BCUT2D eigenvalue weighted by molar-refractivity contribution is 8.00. The van der Waals surface area contributed by atoms with Crippen molar-refractivity contribution in [1.82, 2.24) is 10.0 Å². The summed E-state index contributed by atoms with van der Waals surface area (Å²) in [5, 5.41) is 5.11. The van der Waals surface area contributed by atoms with E-state index in [1.165, 1.54) is 17.8 Å². The molecule has 0 radical (unpaired) electrons. The van der Waals surface area contributed by atoms with E-state index >= 15 is 0 Å². The van der Waals surface area contributed by atoms with Gasteiger partial charge in [0.2, 0.25) is 10.0 Å². The third-order valence-electron chi connectivity index (χ3n) is 3.76. The van der Waals surface area contributed by atoms with Gasteiger partial charge in [-0.3, -0.25) is 0 Å². The molecule has 1 aromatic heterocycles. The smallest absolute Gasteiger partial charge is 0.250 e. The molecular formula is C13H22N2O2S3. The number of hydrogen-bond acceptors (Lipinski definition) is 5. The van der Waals surface area contributed by atoms with E-state index in [0.29, 0.717) is 10.8 Å². The molecule has 20 heavy (non-hydrogen) atoms. The molecule has 1 aromatic rings. The third-order valence-corrected chi connectivity index (χ3v) is 8.06. The largest absolute Gasteiger partial charge is 0.313 e. The van der Waals surface area contributed by atoms with Crippen LogP contribution in [-0.4, -0.2) is 32.5 Å². The first-order valence-electron chi connectivity index (χ1n) is 6.84. The van der Waals surface area contributed by atoms with Crippen molar-refractivity contribution in [2.45, 2.75) is 41.7 Å². The van der Waals surface area contributed by atoms with Crippen LogP contribution >= 0.6 is 23.1 Å². The van der Waals surface area contributed by atoms with Crippen molar-refractivity contribution in [3.63, 3.8) is 0 Å². The summed E-state index contributed by atoms with van der Waals surface area (Å²) in [5.41, 5.74) is 1.03. The summed E-state index contributed by atoms with van der Waals surface area (Å²) >= 11 is 3.07. The van der Waals surface area contributed by atoms with Crippen LogP contribution in [0.3, 0.4) is 0 Å². The maximum Gasteiger partial charge on any atom is 0.250 e. The molecule has 4 nitrogen and oxygen atoms in total. The second kappa shape index (κ2) is 6.79. The summed E-state index contributed by atoms with van der Waals surface area (Å²) < 4.78 is 27.9. The summed E-state index contributed by atoms with van der Waals surface area (Å²) in [6, 6.07) is 1.77. The molecule has 0 amide bonds. The molecule has 2 N–H and O–H groups in total. The second-order valence-corrected chi connectivity index (χ2v) is 9.30. The highest BCUT2D eigenvalue weighted by Gasteiger charge is 2.37. The molecule has 1 aliphatic rings. The maximum atomic E-state index is 12.3. The van der Waals surface area contributed by atoms with E-state index in [0.717, 1.165) is 31.5 Å². The fourth-order valence-electron chi connectivity index (χ4n) is 2.18. The van der Waals surface area contributed by atoms with Gasteiger partial charge in [0.15, 0.2) is 0 Å². The van der Waals surface area contributed by atoms with Crippen LogP contribution in [0.25, 0.3) is 0 Å². The van der Waals surface area contributed by atoms with Crippen molar-refractivity contribution >= 4 is 33.1 Å². The molecule has 2 rings (SSSR count). The summed E-state index contributed by atoms with van der Waals surface area (Å²) in [4.78, 5) is 0. The minimum atomic E-state index is -3.36. The van der Waals surface area contributed by atoms with Crippen LogP contribution in [0.4, 0.5) is 0 Å². The lowest BCUT2D eigenvalue weighted by Gasteiger charge is -2.40. The van der Waals surface area contributed by atoms with Gasteiger partial charge >= 0.3 is 0 Å². The van der Waals surface area contributed by atoms with Crippen LogP contribution < -0.4 is 10.0 Å². The minimum absolute atomic E-state index is 0.122. The molecule has 1 heterocycles. The average Bonchev–Trinajstić information content (AvgIpc) is 2.85. The first kappa shape index (κ1) is 16.3. The number of nitrogens with one attached hydrogen (secondary N) is 2. The highest BCUT2D eigenvalue weighted by Crippen LogP contribution is 2.42. The van der Waals surface area contributed by atoms with Gasteiger partial charge in [0, 0.05) is 17.8 Å². The second-order valence-electron chi connectivity index (χ2n) is 5.12. The molecule has 0 bridgehead atoms. The molecule has 0 aliphatic heterocycles. The Morgan fingerprint density at radius 1 is 1.45 bits per heavy atom. The fourth-order valence-corrected chi connectivity index (χ4v) is 5.56. The van der Waals surface area contributed by atoms with Gasteiger partial charge in [0.1, 0.15) is 4.21 Å². The molecule has 1 aliphatic carbocycles. The zero-order valence-corrected chi connectivity index (χ0v) is 14.4. The monoisotopic (exact) mass is 334 g/mol. The van der Waals surface area contributed by atoms with E-state index in [1.807, 2.05) is 12.3 Å². The lowest BCUT2D eigenvalue weighted by molar-refractivity contribution is 0.362. The summed E-state index contributed by atoms with van der Waals surface area (Å²) in [5.74, 6) is 0. The van der Waals surface area contributed by atoms with E-state index in [4.69, 9.17) is 0 Å². The van der Waals surface area contributed by atoms with E-state index < -0.39 is 10.0 Å². The Morgan fingerprint density at radius 2 is 2.20 bits per heavy atom. The van der Waals surface area contributed by atoms with Gasteiger partial charge in [-0.2, -0.15) is 11.8 Å². The summed E-state index contributed by atoms with van der Waals surface area (Å²) in [6.07, 6.45) is 5.47. The SMILES string of the molecule is CCNCc1csc(S(=O)(=O)NCC2(SC)CCC2)c1. The number of thiophene rings is 1. The van der Waals surface area contributed by atoms with Crippen LogP contribution in [0.1, 0.15) is 31.7 Å². The predicted octanol–water partition coefficient (Wildman–Crippen LogP) is 2.42. The van der Waals surface area contributed by atoms with Gasteiger partial charge in [-0.05, 0) is 42.7 Å². The summed E-state index contributed by atoms with van der Waals surface area (Å²) in [7, 11) is -3.36. The van der Waals surface area contributed by atoms with Crippen molar-refractivity contribution in [2.24, 2.45) is 0 Å². The number of hydrogen-bond donors (Lipinski definition) is 2. The van der Waals surface area contributed by atoms with E-state index in [-0.39, 0.29) is 4.75 Å². The molecule has 114 valence electrons. The molecular weight excluding hydrogens is 312 g/mol. The van der Waals surface area contributed by atoms with Crippen LogP contribution in [0.5, 0.6) is 0 Å². The van der Waals surface area contributed by atoms with Gasteiger partial charge in [-0.1, -0.05) is 13.3 Å². The standard InChI is InChI=1S/C13H22N2O2S3/c1-3-14-8-11-7-12(19-9-11)20(16,17)15-10-13(18-2)5-4-6-13/h7,9,14-15H,3-6,8,10H2,1-2H3. The molecule has 0 spiro atoms. The molecule has 0 unspecified atom stereocenters. The van der Waals surface area contributed by atoms with Crippen LogP contribution in [0, 0.1) is 0 Å². The quantitative estimate of drug-likeness (QED) is 0.766. The van der Waals surface area contributed by atoms with Gasteiger partial charge in [0.05, 0.1) is 0 Å². The number of rotatable bonds is 8. The maximum absolute atomic E-state index is 12.3. The van der Waals surface area contributed by atoms with E-state index in [1.54, 1.807) is 17.8 Å². The lowest BCUT2D eigenvalue weighted by atomic mass is 9.84. The van der Waals surface area contributed by atoms with E-state index in [2.05, 4.69) is 16.3 Å². The average molecular weight is 335 g/mol. The van der Waals surface area contributed by atoms with E-state index in [9.17, 15) is 8.42 Å². The molecule has 1 saturated carbocycles. The molecule has 0 saturated heterocycles. The van der Waals surface area contributed by atoms with Crippen molar-refractivity contribution in [1.29, 1.82) is 0 Å². The Hall–Kier alpha value is -0.0800. The van der Waals surface area contributed by atoms with Gasteiger partial charge in [-0.25, -0.2) is 13.1 Å². The Labute approximate surface area is 129 Å². The zero-order chi connectivity index (χ0) is 14.6. The fraction of sp³-hybridized carbons (Fsp3) is 0.692. The number of sulfonamides is 1. The molecule has 0 aromatic carbocycles. The first-order valence-corrected chi connectivity index (χ1v) is 10.4. The van der Waals surface area contributed by atoms with Crippen molar-refractivity contribution < 1.29 is 8.42 Å². The van der Waals surface area contributed by atoms with Crippen molar-refractivity contribution in [3.05, 3.63) is 17.0 Å². The Morgan fingerprint density at radius 3 is 2.75 bits per heavy atom. The Kier molecular flexibility index (Phi) is 5.53. The predicted molar refractivity (Wildman–Crippen MR) is 87.0 cm³/mol. The van der Waals surface area contributed by atoms with Gasteiger partial charge in [0.25, 0.3) is 0 Å². The van der Waals surface area contributed by atoms with Crippen molar-refractivity contribution in [2.75, 3.05) is 19.3 Å². The third kappa shape index (κ3) is 3.76. The highest BCUT2D eigenvalue weighted by atomic mass is 32.2. The minimum Gasteiger partial charge on any atom is -0.313 e. The topological polar surface area (TPSA) is 58.2 Å². The van der Waals surface area contributed by atoms with Gasteiger partial charge < -0.3 is 5.32 Å². The Bertz CT molecular complexity index is 530. The first-order chi connectivity index (χ1) is 9.51. The van der Waals surface area contributed by atoms with Crippen LogP contribution in [0.2, 0.25) is 0 Å².